The van der Waals surface area contributed by atoms with Gasteiger partial charge in [0.2, 0.25) is 10.0 Å². The molecule has 0 aliphatic heterocycles. The molecule has 7 heteroatoms. The summed E-state index contributed by atoms with van der Waals surface area (Å²) in [5, 5.41) is 0. The van der Waals surface area contributed by atoms with Gasteiger partial charge in [-0.15, -0.1) is 0 Å². The van der Waals surface area contributed by atoms with Crippen LogP contribution in [0.2, 0.25) is 0 Å². The molecule has 6 nitrogen and oxygen atoms in total. The molecular formula is C11H16N2O4S. The Morgan fingerprint density at radius 3 is 2.67 bits per heavy atom. The van der Waals surface area contributed by atoms with E-state index in [1.54, 1.807) is 25.1 Å². The zero-order valence-electron chi connectivity index (χ0n) is 10.3. The van der Waals surface area contributed by atoms with Crippen molar-refractivity contribution in [1.29, 1.82) is 0 Å². The minimum absolute atomic E-state index is 0.181. The van der Waals surface area contributed by atoms with Gasteiger partial charge in [0.05, 0.1) is 25.0 Å². The lowest BCUT2D eigenvalue weighted by Gasteiger charge is -2.10. The monoisotopic (exact) mass is 272 g/mol. The van der Waals surface area contributed by atoms with Gasteiger partial charge in [0.15, 0.2) is 0 Å². The van der Waals surface area contributed by atoms with Crippen molar-refractivity contribution >= 4 is 27.4 Å². The molecule has 0 spiro atoms. The molecule has 0 unspecified atom stereocenters. The van der Waals surface area contributed by atoms with Crippen LogP contribution in [0.3, 0.4) is 0 Å². The van der Waals surface area contributed by atoms with Gasteiger partial charge in [-0.3, -0.25) is 9.52 Å². The number of hydrogen-bond donors (Lipinski definition) is 2. The Morgan fingerprint density at radius 1 is 1.44 bits per heavy atom. The second-order valence-corrected chi connectivity index (χ2v) is 5.66. The average Bonchev–Trinajstić information content (AvgIpc) is 2.30. The Labute approximate surface area is 106 Å². The molecule has 1 rings (SSSR count). The van der Waals surface area contributed by atoms with Crippen LogP contribution in [0.15, 0.2) is 18.2 Å². The molecule has 0 fully saturated rings. The average molecular weight is 272 g/mol. The fourth-order valence-corrected chi connectivity index (χ4v) is 2.44. The molecule has 0 amide bonds. The normalized spacial score (nSPS) is 11.0. The Balaban J connectivity index is 2.73. The third-order valence-electron chi connectivity index (χ3n) is 2.32. The van der Waals surface area contributed by atoms with Crippen LogP contribution in [-0.4, -0.2) is 27.2 Å². The summed E-state index contributed by atoms with van der Waals surface area (Å²) >= 11 is 0. The maximum atomic E-state index is 11.7. The highest BCUT2D eigenvalue weighted by Gasteiger charge is 2.14. The highest BCUT2D eigenvalue weighted by atomic mass is 32.2. The second-order valence-electron chi connectivity index (χ2n) is 3.82. The van der Waals surface area contributed by atoms with Gasteiger partial charge in [0, 0.05) is 5.69 Å². The number of nitrogens with two attached hydrogens (primary N) is 1. The Bertz CT molecular complexity index is 540. The number of anilines is 2. The lowest BCUT2D eigenvalue weighted by Crippen LogP contribution is -2.20. The van der Waals surface area contributed by atoms with E-state index >= 15 is 0 Å². The molecule has 100 valence electrons. The van der Waals surface area contributed by atoms with E-state index in [9.17, 15) is 13.2 Å². The summed E-state index contributed by atoms with van der Waals surface area (Å²) in [5.74, 6) is -0.877. The minimum atomic E-state index is -3.57. The number of nitrogen functional groups attached to an aromatic ring is 1. The molecule has 3 N–H and O–H groups in total. The van der Waals surface area contributed by atoms with Crippen LogP contribution < -0.4 is 10.5 Å². The van der Waals surface area contributed by atoms with Crippen LogP contribution in [-0.2, 0) is 19.6 Å². The molecular weight excluding hydrogens is 256 g/mol. The van der Waals surface area contributed by atoms with Gasteiger partial charge in [-0.05, 0) is 30.7 Å². The van der Waals surface area contributed by atoms with Gasteiger partial charge in [-0.2, -0.15) is 0 Å². The van der Waals surface area contributed by atoms with Crippen molar-refractivity contribution in [2.24, 2.45) is 0 Å². The van der Waals surface area contributed by atoms with Crippen molar-refractivity contribution in [1.82, 2.24) is 0 Å². The number of hydrogen-bond acceptors (Lipinski definition) is 5. The molecule has 18 heavy (non-hydrogen) atoms. The highest BCUT2D eigenvalue weighted by molar-refractivity contribution is 7.92. The molecule has 0 saturated carbocycles. The van der Waals surface area contributed by atoms with Gasteiger partial charge in [0.25, 0.3) is 0 Å². The third kappa shape index (κ3) is 4.25. The SMILES string of the molecule is COC(=O)CCS(=O)(=O)Nc1ccc(N)cc1C. The van der Waals surface area contributed by atoms with Gasteiger partial charge >= 0.3 is 5.97 Å². The van der Waals surface area contributed by atoms with Gasteiger partial charge in [0.1, 0.15) is 0 Å². The Kier molecular flexibility index (Phi) is 4.55. The molecule has 0 atom stereocenters. The van der Waals surface area contributed by atoms with Crippen LogP contribution in [0, 0.1) is 6.92 Å². The first-order valence-electron chi connectivity index (χ1n) is 5.27. The molecule has 1 aromatic rings. The Morgan fingerprint density at radius 2 is 2.11 bits per heavy atom. The predicted molar refractivity (Wildman–Crippen MR) is 69.6 cm³/mol. The van der Waals surface area contributed by atoms with Crippen LogP contribution in [0.1, 0.15) is 12.0 Å². The number of rotatable bonds is 5. The topological polar surface area (TPSA) is 98.5 Å². The lowest BCUT2D eigenvalue weighted by molar-refractivity contribution is -0.140. The van der Waals surface area contributed by atoms with Crippen molar-refractivity contribution in [2.75, 3.05) is 23.3 Å². The zero-order valence-corrected chi connectivity index (χ0v) is 11.1. The van der Waals surface area contributed by atoms with Crippen molar-refractivity contribution in [3.05, 3.63) is 23.8 Å². The fraction of sp³-hybridized carbons (Fsp3) is 0.364. The molecule has 1 aromatic carbocycles. The molecule has 0 aromatic heterocycles. The number of sulfonamides is 1. The Hall–Kier alpha value is -1.76. The number of nitrogens with one attached hydrogen (secondary N) is 1. The maximum Gasteiger partial charge on any atom is 0.306 e. The van der Waals surface area contributed by atoms with Gasteiger partial charge in [-0.1, -0.05) is 0 Å². The summed E-state index contributed by atoms with van der Waals surface area (Å²) in [4.78, 5) is 10.9. The van der Waals surface area contributed by atoms with Crippen molar-refractivity contribution < 1.29 is 17.9 Å². The van der Waals surface area contributed by atoms with E-state index in [0.717, 1.165) is 5.56 Å². The van der Waals surface area contributed by atoms with E-state index in [-0.39, 0.29) is 12.2 Å². The summed E-state index contributed by atoms with van der Waals surface area (Å²) < 4.78 is 30.2. The minimum Gasteiger partial charge on any atom is -0.469 e. The van der Waals surface area contributed by atoms with Crippen molar-refractivity contribution in [3.63, 3.8) is 0 Å². The first kappa shape index (κ1) is 14.3. The lowest BCUT2D eigenvalue weighted by atomic mass is 10.2. The van der Waals surface area contributed by atoms with E-state index in [1.165, 1.54) is 7.11 Å². The number of carbonyl (C=O) groups is 1. The van der Waals surface area contributed by atoms with Crippen molar-refractivity contribution in [2.45, 2.75) is 13.3 Å². The molecule has 0 radical (unpaired) electrons. The van der Waals surface area contributed by atoms with Crippen molar-refractivity contribution in [3.8, 4) is 0 Å². The first-order chi connectivity index (χ1) is 8.34. The number of benzene rings is 1. The summed E-state index contributed by atoms with van der Waals surface area (Å²) in [6.07, 6.45) is -0.181. The zero-order chi connectivity index (χ0) is 13.8. The van der Waals surface area contributed by atoms with Gasteiger partial charge in [-0.25, -0.2) is 8.42 Å². The van der Waals surface area contributed by atoms with Crippen LogP contribution in [0.4, 0.5) is 11.4 Å². The molecule has 0 heterocycles. The van der Waals surface area contributed by atoms with Gasteiger partial charge < -0.3 is 10.5 Å². The van der Waals surface area contributed by atoms with Crippen LogP contribution >= 0.6 is 0 Å². The van der Waals surface area contributed by atoms with Crippen LogP contribution in [0.5, 0.6) is 0 Å². The maximum absolute atomic E-state index is 11.7. The van der Waals surface area contributed by atoms with E-state index in [1.807, 2.05) is 0 Å². The number of esters is 1. The molecule has 0 bridgehead atoms. The van der Waals surface area contributed by atoms with E-state index in [4.69, 9.17) is 5.73 Å². The van der Waals surface area contributed by atoms with E-state index < -0.39 is 16.0 Å². The summed E-state index contributed by atoms with van der Waals surface area (Å²) in [5.41, 5.74) is 7.30. The number of aryl methyl sites for hydroxylation is 1. The van der Waals surface area contributed by atoms with E-state index in [0.29, 0.717) is 11.4 Å². The summed E-state index contributed by atoms with van der Waals surface area (Å²) in [6, 6.07) is 4.85. The molecule has 0 aliphatic carbocycles. The predicted octanol–water partition coefficient (Wildman–Crippen LogP) is 0.882. The largest absolute Gasteiger partial charge is 0.469 e. The quantitative estimate of drug-likeness (QED) is 0.612. The van der Waals surface area contributed by atoms with Crippen LogP contribution in [0.25, 0.3) is 0 Å². The van der Waals surface area contributed by atoms with E-state index in [2.05, 4.69) is 9.46 Å². The third-order valence-corrected chi connectivity index (χ3v) is 3.59. The number of methoxy groups -OCH3 is 1. The summed E-state index contributed by atoms with van der Waals surface area (Å²) in [7, 11) is -2.35. The molecule has 0 aliphatic rings. The fourth-order valence-electron chi connectivity index (χ4n) is 1.34. The molecule has 0 saturated heterocycles. The smallest absolute Gasteiger partial charge is 0.306 e. The highest BCUT2D eigenvalue weighted by Crippen LogP contribution is 2.19. The standard InChI is InChI=1S/C11H16N2O4S/c1-8-7-9(12)3-4-10(8)13-18(15,16)6-5-11(14)17-2/h3-4,7,13H,5-6,12H2,1-2H3. The number of carbonyl (C=O) groups excluding carboxylic acids is 1. The number of ether oxygens (including phenoxy) is 1. The first-order valence-corrected chi connectivity index (χ1v) is 6.93. The second kappa shape index (κ2) is 5.72. The summed E-state index contributed by atoms with van der Waals surface area (Å²) in [6.45, 7) is 1.74.